The van der Waals surface area contributed by atoms with Crippen LogP contribution in [-0.4, -0.2) is 14.7 Å². The van der Waals surface area contributed by atoms with E-state index in [0.29, 0.717) is 5.56 Å². The molecular formula is C14H13F2NO2S. The van der Waals surface area contributed by atoms with Gasteiger partial charge in [-0.3, -0.25) is 0 Å². The van der Waals surface area contributed by atoms with E-state index in [1.807, 2.05) is 0 Å². The maximum Gasteiger partial charge on any atom is 0.175 e. The lowest BCUT2D eigenvalue weighted by Gasteiger charge is -2.14. The van der Waals surface area contributed by atoms with E-state index < -0.39 is 27.5 Å². The average molecular weight is 297 g/mol. The first-order valence-electron chi connectivity index (χ1n) is 5.79. The van der Waals surface area contributed by atoms with Gasteiger partial charge in [0.15, 0.2) is 9.84 Å². The summed E-state index contributed by atoms with van der Waals surface area (Å²) in [5.74, 6) is -1.45. The molecule has 0 saturated heterocycles. The molecule has 2 aromatic rings. The number of rotatable bonds is 3. The fourth-order valence-corrected chi connectivity index (χ4v) is 2.56. The summed E-state index contributed by atoms with van der Waals surface area (Å²) < 4.78 is 49.3. The van der Waals surface area contributed by atoms with Gasteiger partial charge < -0.3 is 5.73 Å². The molecule has 0 aliphatic carbocycles. The van der Waals surface area contributed by atoms with Crippen molar-refractivity contribution in [1.29, 1.82) is 0 Å². The molecule has 106 valence electrons. The van der Waals surface area contributed by atoms with Crippen molar-refractivity contribution >= 4 is 9.84 Å². The van der Waals surface area contributed by atoms with Crippen LogP contribution in [0.2, 0.25) is 0 Å². The van der Waals surface area contributed by atoms with Crippen molar-refractivity contribution in [3.05, 3.63) is 65.2 Å². The quantitative estimate of drug-likeness (QED) is 0.946. The van der Waals surface area contributed by atoms with Crippen LogP contribution in [0, 0.1) is 11.6 Å². The van der Waals surface area contributed by atoms with E-state index in [-0.39, 0.29) is 10.5 Å². The summed E-state index contributed by atoms with van der Waals surface area (Å²) >= 11 is 0. The minimum atomic E-state index is -3.36. The molecule has 6 heteroatoms. The number of nitrogens with two attached hydrogens (primary N) is 1. The van der Waals surface area contributed by atoms with E-state index in [9.17, 15) is 17.2 Å². The number of hydrogen-bond acceptors (Lipinski definition) is 3. The van der Waals surface area contributed by atoms with Crippen molar-refractivity contribution in [2.45, 2.75) is 10.9 Å². The van der Waals surface area contributed by atoms with Gasteiger partial charge in [-0.2, -0.15) is 0 Å². The normalized spacial score (nSPS) is 13.2. The van der Waals surface area contributed by atoms with Gasteiger partial charge >= 0.3 is 0 Å². The first-order chi connectivity index (χ1) is 9.27. The van der Waals surface area contributed by atoms with E-state index in [4.69, 9.17) is 5.73 Å². The first kappa shape index (κ1) is 14.6. The second kappa shape index (κ2) is 5.30. The van der Waals surface area contributed by atoms with Crippen LogP contribution in [0.5, 0.6) is 0 Å². The average Bonchev–Trinajstić information content (AvgIpc) is 2.36. The smallest absolute Gasteiger partial charge is 0.175 e. The number of benzene rings is 2. The highest BCUT2D eigenvalue weighted by Crippen LogP contribution is 2.23. The van der Waals surface area contributed by atoms with Gasteiger partial charge in [-0.15, -0.1) is 0 Å². The minimum absolute atomic E-state index is 0.113. The predicted octanol–water partition coefficient (Wildman–Crippen LogP) is 2.42. The van der Waals surface area contributed by atoms with Crippen LogP contribution < -0.4 is 5.73 Å². The van der Waals surface area contributed by atoms with E-state index in [2.05, 4.69) is 0 Å². The Balaban J connectivity index is 2.45. The summed E-state index contributed by atoms with van der Waals surface area (Å²) in [5, 5.41) is 0. The van der Waals surface area contributed by atoms with Crippen LogP contribution in [0.1, 0.15) is 17.2 Å². The zero-order valence-corrected chi connectivity index (χ0v) is 11.5. The zero-order chi connectivity index (χ0) is 14.9. The lowest BCUT2D eigenvalue weighted by Crippen LogP contribution is -2.13. The molecule has 2 rings (SSSR count). The van der Waals surface area contributed by atoms with Crippen LogP contribution in [0.3, 0.4) is 0 Å². The fourth-order valence-electron chi connectivity index (χ4n) is 1.89. The van der Waals surface area contributed by atoms with E-state index in [1.54, 1.807) is 12.1 Å². The Morgan fingerprint density at radius 2 is 1.60 bits per heavy atom. The van der Waals surface area contributed by atoms with Gasteiger partial charge in [-0.25, -0.2) is 17.2 Å². The number of hydrogen-bond donors (Lipinski definition) is 1. The highest BCUT2D eigenvalue weighted by Gasteiger charge is 2.14. The van der Waals surface area contributed by atoms with Crippen molar-refractivity contribution in [2.24, 2.45) is 5.73 Å². The fraction of sp³-hybridized carbons (Fsp3) is 0.143. The molecule has 1 unspecified atom stereocenters. The van der Waals surface area contributed by atoms with Gasteiger partial charge in [-0.1, -0.05) is 12.1 Å². The van der Waals surface area contributed by atoms with Crippen molar-refractivity contribution < 1.29 is 17.2 Å². The van der Waals surface area contributed by atoms with E-state index in [1.165, 1.54) is 12.1 Å². The molecule has 0 fully saturated rings. The Bertz CT molecular complexity index is 724. The lowest BCUT2D eigenvalue weighted by molar-refractivity contribution is 0.577. The van der Waals surface area contributed by atoms with Crippen molar-refractivity contribution in [2.75, 3.05) is 6.26 Å². The Morgan fingerprint density at radius 1 is 1.00 bits per heavy atom. The third kappa shape index (κ3) is 3.20. The second-order valence-corrected chi connectivity index (χ2v) is 6.54. The highest BCUT2D eigenvalue weighted by molar-refractivity contribution is 7.90. The van der Waals surface area contributed by atoms with Crippen LogP contribution in [-0.2, 0) is 9.84 Å². The standard InChI is InChI=1S/C14H13F2NO2S/c1-20(18,19)13-4-2-3-9(7-13)14(17)10-5-11(15)8-12(16)6-10/h2-8,14H,17H2,1H3. The first-order valence-corrected chi connectivity index (χ1v) is 7.68. The minimum Gasteiger partial charge on any atom is -0.320 e. The molecule has 0 saturated carbocycles. The molecule has 20 heavy (non-hydrogen) atoms. The van der Waals surface area contributed by atoms with Gasteiger partial charge in [-0.05, 0) is 35.4 Å². The predicted molar refractivity (Wildman–Crippen MR) is 71.9 cm³/mol. The third-order valence-electron chi connectivity index (χ3n) is 2.89. The van der Waals surface area contributed by atoms with Gasteiger partial charge in [0.25, 0.3) is 0 Å². The molecule has 0 aliphatic heterocycles. The van der Waals surface area contributed by atoms with E-state index >= 15 is 0 Å². The summed E-state index contributed by atoms with van der Waals surface area (Å²) in [4.78, 5) is 0.113. The van der Waals surface area contributed by atoms with Crippen LogP contribution in [0.4, 0.5) is 8.78 Å². The largest absolute Gasteiger partial charge is 0.320 e. The molecule has 0 aromatic heterocycles. The Hall–Kier alpha value is -1.79. The molecule has 0 aliphatic rings. The summed E-state index contributed by atoms with van der Waals surface area (Å²) in [7, 11) is -3.36. The van der Waals surface area contributed by atoms with Crippen LogP contribution in [0.25, 0.3) is 0 Å². The van der Waals surface area contributed by atoms with Crippen LogP contribution >= 0.6 is 0 Å². The highest BCUT2D eigenvalue weighted by atomic mass is 32.2. The number of halogens is 2. The van der Waals surface area contributed by atoms with Crippen molar-refractivity contribution in [3.8, 4) is 0 Å². The maximum absolute atomic E-state index is 13.2. The molecule has 0 amide bonds. The molecule has 0 bridgehead atoms. The molecule has 0 radical (unpaired) electrons. The monoisotopic (exact) mass is 297 g/mol. The molecule has 2 N–H and O–H groups in total. The van der Waals surface area contributed by atoms with Gasteiger partial charge in [0.05, 0.1) is 10.9 Å². The van der Waals surface area contributed by atoms with Crippen molar-refractivity contribution in [3.63, 3.8) is 0 Å². The summed E-state index contributed by atoms with van der Waals surface area (Å²) in [6.45, 7) is 0. The van der Waals surface area contributed by atoms with Crippen LogP contribution in [0.15, 0.2) is 47.4 Å². The topological polar surface area (TPSA) is 60.2 Å². The molecule has 2 aromatic carbocycles. The Kier molecular flexibility index (Phi) is 3.87. The van der Waals surface area contributed by atoms with Gasteiger partial charge in [0.1, 0.15) is 11.6 Å². The third-order valence-corrected chi connectivity index (χ3v) is 4.00. The Morgan fingerprint density at radius 3 is 2.15 bits per heavy atom. The second-order valence-electron chi connectivity index (χ2n) is 4.53. The Labute approximate surface area is 116 Å². The molecule has 0 spiro atoms. The van der Waals surface area contributed by atoms with Gasteiger partial charge in [0.2, 0.25) is 0 Å². The van der Waals surface area contributed by atoms with Gasteiger partial charge in [0, 0.05) is 12.3 Å². The number of sulfone groups is 1. The lowest BCUT2D eigenvalue weighted by atomic mass is 9.99. The summed E-state index contributed by atoms with van der Waals surface area (Å²) in [6, 6.07) is 8.20. The summed E-state index contributed by atoms with van der Waals surface area (Å²) in [6.07, 6.45) is 1.08. The molecule has 3 nitrogen and oxygen atoms in total. The van der Waals surface area contributed by atoms with E-state index in [0.717, 1.165) is 24.5 Å². The molecule has 1 atom stereocenters. The zero-order valence-electron chi connectivity index (χ0n) is 10.7. The SMILES string of the molecule is CS(=O)(=O)c1cccc(C(N)c2cc(F)cc(F)c2)c1. The molecular weight excluding hydrogens is 284 g/mol. The summed E-state index contributed by atoms with van der Waals surface area (Å²) in [5.41, 5.74) is 6.65. The maximum atomic E-state index is 13.2. The van der Waals surface area contributed by atoms with Crippen molar-refractivity contribution in [1.82, 2.24) is 0 Å². The molecule has 0 heterocycles.